The van der Waals surface area contributed by atoms with E-state index in [1.54, 1.807) is 0 Å². The Bertz CT molecular complexity index is 122. The van der Waals surface area contributed by atoms with E-state index in [1.807, 2.05) is 0 Å². The van der Waals surface area contributed by atoms with Crippen LogP contribution in [-0.4, -0.2) is 44.4 Å². The van der Waals surface area contributed by atoms with E-state index in [4.69, 9.17) is 4.74 Å². The second-order valence-electron chi connectivity index (χ2n) is 3.48. The third kappa shape index (κ3) is 4.26. The number of halogens is 1. The molecule has 1 fully saturated rings. The Morgan fingerprint density at radius 2 is 2.17 bits per heavy atom. The molecule has 0 spiro atoms. The van der Waals surface area contributed by atoms with Crippen molar-refractivity contribution in [1.82, 2.24) is 10.2 Å². The van der Waals surface area contributed by atoms with Crippen molar-refractivity contribution < 1.29 is 4.74 Å². The van der Waals surface area contributed by atoms with Crippen LogP contribution in [0.3, 0.4) is 0 Å². The second-order valence-corrected chi connectivity index (χ2v) is 3.48. The van der Waals surface area contributed by atoms with Crippen molar-refractivity contribution in [1.29, 1.82) is 0 Å². The summed E-state index contributed by atoms with van der Waals surface area (Å²) in [5.74, 6) is 0. The average Bonchev–Trinajstić information content (AvgIpc) is 2.31. The largest absolute Gasteiger partial charge is 0.362 e. The summed E-state index contributed by atoms with van der Waals surface area (Å²) in [5, 5.41) is 3.36. The van der Waals surface area contributed by atoms with Crippen molar-refractivity contribution in [2.24, 2.45) is 0 Å². The van der Waals surface area contributed by atoms with E-state index in [0.717, 1.165) is 19.6 Å². The number of nitrogens with one attached hydrogen (secondary N) is 1. The lowest BCUT2D eigenvalue weighted by Crippen LogP contribution is -2.31. The highest BCUT2D eigenvalue weighted by Gasteiger charge is 2.19. The highest BCUT2D eigenvalue weighted by molar-refractivity contribution is 5.85. The molecule has 1 N–H and O–H groups in total. The zero-order valence-corrected chi connectivity index (χ0v) is 8.86. The van der Waals surface area contributed by atoms with Crippen molar-refractivity contribution in [3.63, 3.8) is 0 Å². The van der Waals surface area contributed by atoms with Gasteiger partial charge in [0.25, 0.3) is 0 Å². The molecule has 0 radical (unpaired) electrons. The molecule has 0 aromatic heterocycles. The molecule has 0 bridgehead atoms. The molecule has 12 heavy (non-hydrogen) atoms. The van der Waals surface area contributed by atoms with E-state index in [9.17, 15) is 0 Å². The van der Waals surface area contributed by atoms with E-state index >= 15 is 0 Å². The molecule has 0 aliphatic carbocycles. The van der Waals surface area contributed by atoms with Crippen LogP contribution < -0.4 is 5.32 Å². The third-order valence-corrected chi connectivity index (χ3v) is 1.86. The Hall–Kier alpha value is 0.170. The quantitative estimate of drug-likeness (QED) is 0.716. The van der Waals surface area contributed by atoms with Gasteiger partial charge in [0, 0.05) is 12.6 Å². The molecule has 0 saturated carbocycles. The van der Waals surface area contributed by atoms with Gasteiger partial charge in [-0.3, -0.25) is 5.32 Å². The molecule has 2 unspecified atom stereocenters. The molecule has 2 atom stereocenters. The monoisotopic (exact) mass is 194 g/mol. The lowest BCUT2D eigenvalue weighted by Gasteiger charge is -2.14. The molecule has 74 valence electrons. The van der Waals surface area contributed by atoms with Crippen molar-refractivity contribution in [2.75, 3.05) is 27.2 Å². The maximum Gasteiger partial charge on any atom is 0.109 e. The molecular formula is C8H19ClN2O. The number of nitrogens with zero attached hydrogens (tertiary/aromatic N) is 1. The first-order chi connectivity index (χ1) is 5.18. The van der Waals surface area contributed by atoms with Crippen LogP contribution in [0.25, 0.3) is 0 Å². The van der Waals surface area contributed by atoms with Gasteiger partial charge in [-0.1, -0.05) is 0 Å². The van der Waals surface area contributed by atoms with Crippen LogP contribution in [0.1, 0.15) is 13.3 Å². The lowest BCUT2D eigenvalue weighted by atomic mass is 10.3. The summed E-state index contributed by atoms with van der Waals surface area (Å²) in [6.07, 6.45) is 1.37. The fraction of sp³-hybridized carbons (Fsp3) is 1.00. The molecule has 1 saturated heterocycles. The SMILES string of the molecule is CC1COC(CCN(C)C)N1.Cl. The Morgan fingerprint density at radius 1 is 1.50 bits per heavy atom. The molecule has 0 aromatic carbocycles. The van der Waals surface area contributed by atoms with Gasteiger partial charge in [-0.2, -0.15) is 0 Å². The summed E-state index contributed by atoms with van der Waals surface area (Å²) in [5.41, 5.74) is 0. The second kappa shape index (κ2) is 5.75. The van der Waals surface area contributed by atoms with Gasteiger partial charge < -0.3 is 9.64 Å². The first kappa shape index (κ1) is 12.2. The van der Waals surface area contributed by atoms with E-state index in [-0.39, 0.29) is 18.6 Å². The summed E-state index contributed by atoms with van der Waals surface area (Å²) in [7, 11) is 4.16. The van der Waals surface area contributed by atoms with Gasteiger partial charge in [-0.05, 0) is 27.4 Å². The summed E-state index contributed by atoms with van der Waals surface area (Å²) in [6.45, 7) is 4.10. The summed E-state index contributed by atoms with van der Waals surface area (Å²) in [4.78, 5) is 2.17. The first-order valence-electron chi connectivity index (χ1n) is 4.21. The minimum absolute atomic E-state index is 0. The number of hydrogen-bond donors (Lipinski definition) is 1. The van der Waals surface area contributed by atoms with Crippen LogP contribution in [0.4, 0.5) is 0 Å². The van der Waals surface area contributed by atoms with Crippen LogP contribution >= 0.6 is 12.4 Å². The molecule has 0 aromatic rings. The highest BCUT2D eigenvalue weighted by Crippen LogP contribution is 2.05. The number of rotatable bonds is 3. The van der Waals surface area contributed by atoms with Crippen LogP contribution in [0, 0.1) is 0 Å². The highest BCUT2D eigenvalue weighted by atomic mass is 35.5. The minimum Gasteiger partial charge on any atom is -0.362 e. The fourth-order valence-corrected chi connectivity index (χ4v) is 1.22. The average molecular weight is 195 g/mol. The van der Waals surface area contributed by atoms with Crippen LogP contribution in [0.2, 0.25) is 0 Å². The molecule has 1 heterocycles. The molecular weight excluding hydrogens is 176 g/mol. The molecule has 1 rings (SSSR count). The van der Waals surface area contributed by atoms with E-state index in [1.165, 1.54) is 0 Å². The minimum atomic E-state index is 0. The molecule has 1 aliphatic heterocycles. The molecule has 1 aliphatic rings. The van der Waals surface area contributed by atoms with Crippen LogP contribution in [0.15, 0.2) is 0 Å². The summed E-state index contributed by atoms with van der Waals surface area (Å²) >= 11 is 0. The van der Waals surface area contributed by atoms with Crippen molar-refractivity contribution >= 4 is 12.4 Å². The Balaban J connectivity index is 0.00000121. The summed E-state index contributed by atoms with van der Waals surface area (Å²) in [6, 6.07) is 0.530. The predicted molar refractivity (Wildman–Crippen MR) is 52.8 cm³/mol. The topological polar surface area (TPSA) is 24.5 Å². The smallest absolute Gasteiger partial charge is 0.109 e. The third-order valence-electron chi connectivity index (χ3n) is 1.86. The van der Waals surface area contributed by atoms with Gasteiger partial charge in [-0.25, -0.2) is 0 Å². The van der Waals surface area contributed by atoms with Gasteiger partial charge in [0.05, 0.1) is 6.61 Å². The molecule has 4 heteroatoms. The van der Waals surface area contributed by atoms with Gasteiger partial charge >= 0.3 is 0 Å². The van der Waals surface area contributed by atoms with E-state index in [2.05, 4.69) is 31.2 Å². The number of ether oxygens (including phenoxy) is 1. The summed E-state index contributed by atoms with van der Waals surface area (Å²) < 4.78 is 5.48. The van der Waals surface area contributed by atoms with Gasteiger partial charge in [0.1, 0.15) is 6.23 Å². The Kier molecular flexibility index (Phi) is 5.84. The van der Waals surface area contributed by atoms with Crippen molar-refractivity contribution in [2.45, 2.75) is 25.6 Å². The maximum atomic E-state index is 5.48. The normalized spacial score (nSPS) is 29.0. The van der Waals surface area contributed by atoms with Crippen LogP contribution in [0.5, 0.6) is 0 Å². The van der Waals surface area contributed by atoms with Gasteiger partial charge in [0.2, 0.25) is 0 Å². The fourth-order valence-electron chi connectivity index (χ4n) is 1.22. The number of hydrogen-bond acceptors (Lipinski definition) is 3. The zero-order chi connectivity index (χ0) is 8.27. The van der Waals surface area contributed by atoms with Crippen molar-refractivity contribution in [3.05, 3.63) is 0 Å². The zero-order valence-electron chi connectivity index (χ0n) is 8.04. The van der Waals surface area contributed by atoms with Gasteiger partial charge in [0.15, 0.2) is 0 Å². The van der Waals surface area contributed by atoms with E-state index in [0.29, 0.717) is 6.04 Å². The van der Waals surface area contributed by atoms with Crippen molar-refractivity contribution in [3.8, 4) is 0 Å². The molecule has 3 nitrogen and oxygen atoms in total. The Morgan fingerprint density at radius 3 is 2.58 bits per heavy atom. The van der Waals surface area contributed by atoms with Gasteiger partial charge in [-0.15, -0.1) is 12.4 Å². The Labute approximate surface area is 80.9 Å². The first-order valence-corrected chi connectivity index (χ1v) is 4.21. The maximum absolute atomic E-state index is 5.48. The van der Waals surface area contributed by atoms with E-state index < -0.39 is 0 Å². The molecule has 0 amide bonds. The van der Waals surface area contributed by atoms with Crippen LogP contribution in [-0.2, 0) is 4.74 Å². The lowest BCUT2D eigenvalue weighted by molar-refractivity contribution is 0.0869. The predicted octanol–water partition coefficient (Wildman–Crippen LogP) is 0.694. The standard InChI is InChI=1S/C8H18N2O.ClH/c1-7-6-11-8(9-7)4-5-10(2)3;/h7-9H,4-6H2,1-3H3;1H.